The Kier molecular flexibility index (Phi) is 1.87. The SMILES string of the molecule is COc1nc(C)c(F)n2cc(C)nc12. The van der Waals surface area contributed by atoms with Crippen molar-refractivity contribution in [2.24, 2.45) is 0 Å². The van der Waals surface area contributed by atoms with Gasteiger partial charge in [-0.05, 0) is 13.8 Å². The van der Waals surface area contributed by atoms with E-state index in [2.05, 4.69) is 9.97 Å². The van der Waals surface area contributed by atoms with Gasteiger partial charge in [-0.2, -0.15) is 4.39 Å². The third kappa shape index (κ3) is 1.13. The summed E-state index contributed by atoms with van der Waals surface area (Å²) < 4.78 is 19.9. The summed E-state index contributed by atoms with van der Waals surface area (Å²) in [5.41, 5.74) is 1.44. The van der Waals surface area contributed by atoms with E-state index in [0.717, 1.165) is 5.69 Å². The molecule has 0 amide bonds. The lowest BCUT2D eigenvalue weighted by Crippen LogP contribution is -2.01. The summed E-state index contributed by atoms with van der Waals surface area (Å²) in [6.45, 7) is 3.38. The molecule has 0 aliphatic carbocycles. The highest BCUT2D eigenvalue weighted by Gasteiger charge is 2.13. The third-order valence-corrected chi connectivity index (χ3v) is 1.99. The van der Waals surface area contributed by atoms with Crippen LogP contribution in [-0.2, 0) is 0 Å². The highest BCUT2D eigenvalue weighted by Crippen LogP contribution is 2.19. The van der Waals surface area contributed by atoms with Gasteiger partial charge in [-0.25, -0.2) is 9.97 Å². The average molecular weight is 195 g/mol. The number of fused-ring (bicyclic) bond motifs is 1. The Bertz CT molecular complexity index is 492. The van der Waals surface area contributed by atoms with Crippen LogP contribution in [0.25, 0.3) is 5.65 Å². The van der Waals surface area contributed by atoms with Crippen LogP contribution in [0.3, 0.4) is 0 Å². The monoisotopic (exact) mass is 195 g/mol. The van der Waals surface area contributed by atoms with E-state index in [-0.39, 0.29) is 0 Å². The summed E-state index contributed by atoms with van der Waals surface area (Å²) in [7, 11) is 1.49. The van der Waals surface area contributed by atoms with Crippen molar-refractivity contribution in [1.82, 2.24) is 14.4 Å². The lowest BCUT2D eigenvalue weighted by molar-refractivity contribution is 0.393. The molecular formula is C9H10FN3O. The van der Waals surface area contributed by atoms with E-state index in [1.807, 2.05) is 0 Å². The van der Waals surface area contributed by atoms with E-state index in [1.54, 1.807) is 20.0 Å². The summed E-state index contributed by atoms with van der Waals surface area (Å²) in [4.78, 5) is 8.07. The van der Waals surface area contributed by atoms with Crippen LogP contribution in [-0.4, -0.2) is 21.5 Å². The van der Waals surface area contributed by atoms with Gasteiger partial charge in [0.15, 0.2) is 0 Å². The normalized spacial score (nSPS) is 10.9. The van der Waals surface area contributed by atoms with Gasteiger partial charge in [-0.15, -0.1) is 0 Å². The molecular weight excluding hydrogens is 185 g/mol. The zero-order chi connectivity index (χ0) is 10.3. The lowest BCUT2D eigenvalue weighted by Gasteiger charge is -2.04. The molecule has 0 unspecified atom stereocenters. The van der Waals surface area contributed by atoms with E-state index < -0.39 is 5.95 Å². The lowest BCUT2D eigenvalue weighted by atomic mass is 10.5. The number of aryl methyl sites for hydroxylation is 2. The Morgan fingerprint density at radius 3 is 2.71 bits per heavy atom. The molecule has 0 N–H and O–H groups in total. The van der Waals surface area contributed by atoms with Gasteiger partial charge in [0.05, 0.1) is 18.5 Å². The molecule has 0 spiro atoms. The van der Waals surface area contributed by atoms with E-state index >= 15 is 0 Å². The second kappa shape index (κ2) is 2.94. The van der Waals surface area contributed by atoms with Crippen molar-refractivity contribution in [3.63, 3.8) is 0 Å². The number of nitrogens with zero attached hydrogens (tertiary/aromatic N) is 3. The number of aromatic nitrogens is 3. The number of halogens is 1. The molecule has 2 aromatic rings. The maximum absolute atomic E-state index is 13.5. The first kappa shape index (κ1) is 8.93. The van der Waals surface area contributed by atoms with Gasteiger partial charge in [0, 0.05) is 6.20 Å². The molecule has 0 aromatic carbocycles. The van der Waals surface area contributed by atoms with Crippen LogP contribution >= 0.6 is 0 Å². The second-order valence-electron chi connectivity index (χ2n) is 3.07. The molecule has 4 nitrogen and oxygen atoms in total. The van der Waals surface area contributed by atoms with Crippen LogP contribution in [0.2, 0.25) is 0 Å². The van der Waals surface area contributed by atoms with Gasteiger partial charge >= 0.3 is 0 Å². The Labute approximate surface area is 80.4 Å². The van der Waals surface area contributed by atoms with Crippen molar-refractivity contribution in [3.05, 3.63) is 23.5 Å². The number of ether oxygens (including phenoxy) is 1. The minimum absolute atomic E-state index is 0.298. The minimum Gasteiger partial charge on any atom is -0.478 e. The van der Waals surface area contributed by atoms with Crippen molar-refractivity contribution in [3.8, 4) is 5.88 Å². The van der Waals surface area contributed by atoms with Crippen LogP contribution < -0.4 is 4.74 Å². The summed E-state index contributed by atoms with van der Waals surface area (Å²) >= 11 is 0. The summed E-state index contributed by atoms with van der Waals surface area (Å²) in [5.74, 6) is -0.0570. The van der Waals surface area contributed by atoms with Crippen LogP contribution in [0.4, 0.5) is 4.39 Å². The zero-order valence-corrected chi connectivity index (χ0v) is 8.21. The van der Waals surface area contributed by atoms with Gasteiger partial charge in [0.25, 0.3) is 5.88 Å². The van der Waals surface area contributed by atoms with E-state index in [1.165, 1.54) is 11.5 Å². The quantitative estimate of drug-likeness (QED) is 0.692. The largest absolute Gasteiger partial charge is 0.478 e. The first-order valence-corrected chi connectivity index (χ1v) is 4.19. The Morgan fingerprint density at radius 2 is 2.07 bits per heavy atom. The molecule has 0 bridgehead atoms. The number of hydrogen-bond donors (Lipinski definition) is 0. The fraction of sp³-hybridized carbons (Fsp3) is 0.333. The van der Waals surface area contributed by atoms with Gasteiger partial charge in [-0.3, -0.25) is 4.40 Å². The smallest absolute Gasteiger partial charge is 0.258 e. The molecule has 0 aliphatic rings. The van der Waals surface area contributed by atoms with Gasteiger partial charge < -0.3 is 4.74 Å². The molecule has 2 rings (SSSR count). The van der Waals surface area contributed by atoms with E-state index in [4.69, 9.17) is 4.74 Å². The third-order valence-electron chi connectivity index (χ3n) is 1.99. The second-order valence-corrected chi connectivity index (χ2v) is 3.07. The molecule has 0 atom stereocenters. The first-order valence-electron chi connectivity index (χ1n) is 4.19. The fourth-order valence-corrected chi connectivity index (χ4v) is 1.36. The maximum atomic E-state index is 13.5. The number of rotatable bonds is 1. The molecule has 0 aliphatic heterocycles. The van der Waals surface area contributed by atoms with Crippen molar-refractivity contribution < 1.29 is 9.13 Å². The average Bonchev–Trinajstić information content (AvgIpc) is 2.54. The number of imidazole rings is 1. The van der Waals surface area contributed by atoms with Crippen LogP contribution in [0.15, 0.2) is 6.20 Å². The Hall–Kier alpha value is -1.65. The van der Waals surface area contributed by atoms with Crippen molar-refractivity contribution in [1.29, 1.82) is 0 Å². The minimum atomic E-state index is -0.401. The highest BCUT2D eigenvalue weighted by molar-refractivity contribution is 5.50. The van der Waals surface area contributed by atoms with Crippen molar-refractivity contribution in [2.75, 3.05) is 7.11 Å². The number of methoxy groups -OCH3 is 1. The van der Waals surface area contributed by atoms with Crippen molar-refractivity contribution in [2.45, 2.75) is 13.8 Å². The van der Waals surface area contributed by atoms with E-state index in [0.29, 0.717) is 17.2 Å². The first-order chi connectivity index (χ1) is 6.63. The maximum Gasteiger partial charge on any atom is 0.258 e. The van der Waals surface area contributed by atoms with Gasteiger partial charge in [-0.1, -0.05) is 0 Å². The molecule has 2 aromatic heterocycles. The van der Waals surface area contributed by atoms with Gasteiger partial charge in [0.2, 0.25) is 11.6 Å². The predicted molar refractivity (Wildman–Crippen MR) is 49.0 cm³/mol. The van der Waals surface area contributed by atoms with E-state index in [9.17, 15) is 4.39 Å². The molecule has 0 radical (unpaired) electrons. The summed E-state index contributed by atoms with van der Waals surface area (Å²) in [6.07, 6.45) is 1.61. The molecule has 0 saturated carbocycles. The Morgan fingerprint density at radius 1 is 1.36 bits per heavy atom. The van der Waals surface area contributed by atoms with Crippen LogP contribution in [0, 0.1) is 19.8 Å². The molecule has 0 saturated heterocycles. The fourth-order valence-electron chi connectivity index (χ4n) is 1.36. The molecule has 14 heavy (non-hydrogen) atoms. The zero-order valence-electron chi connectivity index (χ0n) is 8.21. The predicted octanol–water partition coefficient (Wildman–Crippen LogP) is 1.49. The topological polar surface area (TPSA) is 39.4 Å². The number of hydrogen-bond acceptors (Lipinski definition) is 3. The molecule has 5 heteroatoms. The molecule has 2 heterocycles. The molecule has 0 fully saturated rings. The summed E-state index contributed by atoms with van der Waals surface area (Å²) in [5, 5.41) is 0. The summed E-state index contributed by atoms with van der Waals surface area (Å²) in [6, 6.07) is 0. The highest BCUT2D eigenvalue weighted by atomic mass is 19.1. The van der Waals surface area contributed by atoms with Crippen molar-refractivity contribution >= 4 is 5.65 Å². The van der Waals surface area contributed by atoms with Crippen LogP contribution in [0.5, 0.6) is 5.88 Å². The Balaban J connectivity index is 2.88. The standard InChI is InChI=1S/C9H10FN3O/c1-5-4-13-7(10)6(2)12-9(14-3)8(13)11-5/h4H,1-3H3. The molecule has 74 valence electrons. The van der Waals surface area contributed by atoms with Crippen LogP contribution in [0.1, 0.15) is 11.4 Å². The van der Waals surface area contributed by atoms with Gasteiger partial charge in [0.1, 0.15) is 0 Å².